The molecule has 0 unspecified atom stereocenters. The number of halogens is 1. The molecule has 0 amide bonds. The summed E-state index contributed by atoms with van der Waals surface area (Å²) in [6, 6.07) is 5.45. The lowest BCUT2D eigenvalue weighted by Gasteiger charge is -2.26. The molecule has 11 heteroatoms. The van der Waals surface area contributed by atoms with Crippen molar-refractivity contribution in [3.05, 3.63) is 62.5 Å². The number of hydrogen-bond acceptors (Lipinski definition) is 9. The fraction of sp³-hybridized carbons (Fsp3) is 0.500. The van der Waals surface area contributed by atoms with Gasteiger partial charge in [0.2, 0.25) is 5.43 Å². The van der Waals surface area contributed by atoms with Crippen molar-refractivity contribution in [2.75, 3.05) is 30.8 Å². The van der Waals surface area contributed by atoms with Crippen LogP contribution in [0.4, 0.5) is 11.5 Å². The Bertz CT molecular complexity index is 1530. The Kier molecular flexibility index (Phi) is 7.80. The standard InChI is InChI=1S/C30H37ClN4O6/c1-8-39-28(37)21-15-34(19-9-10-19)26-20(27(21)36)11-12-23(31)22(26)17-38-16-18-13-25(33(6)7)32-14-24(18)35-40-29(2,3)30(4,5)41-35/h11-15,19H,8-10,16-17H2,1-7H3. The van der Waals surface area contributed by atoms with Gasteiger partial charge >= 0.3 is 5.97 Å². The number of ether oxygens (including phenoxy) is 2. The van der Waals surface area contributed by atoms with Crippen LogP contribution in [0, 0.1) is 0 Å². The molecule has 1 aliphatic carbocycles. The summed E-state index contributed by atoms with van der Waals surface area (Å²) in [6.07, 6.45) is 5.21. The number of pyridine rings is 2. The number of carbonyl (C=O) groups excluding carboxylic acids is 1. The van der Waals surface area contributed by atoms with Crippen molar-refractivity contribution in [3.63, 3.8) is 0 Å². The highest BCUT2D eigenvalue weighted by atomic mass is 35.5. The van der Waals surface area contributed by atoms with Gasteiger partial charge in [-0.1, -0.05) is 11.6 Å². The molecule has 1 saturated heterocycles. The number of esters is 1. The fourth-order valence-corrected chi connectivity index (χ4v) is 4.85. The van der Waals surface area contributed by atoms with E-state index in [-0.39, 0.29) is 36.9 Å². The molecule has 220 valence electrons. The van der Waals surface area contributed by atoms with Crippen LogP contribution in [-0.4, -0.2) is 47.4 Å². The Morgan fingerprint density at radius 1 is 1.15 bits per heavy atom. The lowest BCUT2D eigenvalue weighted by Crippen LogP contribution is -2.41. The van der Waals surface area contributed by atoms with Crippen molar-refractivity contribution in [3.8, 4) is 0 Å². The summed E-state index contributed by atoms with van der Waals surface area (Å²) >= 11 is 6.70. The molecule has 5 rings (SSSR count). The first-order valence-electron chi connectivity index (χ1n) is 13.8. The van der Waals surface area contributed by atoms with Crippen LogP contribution in [0.2, 0.25) is 5.02 Å². The summed E-state index contributed by atoms with van der Waals surface area (Å²) in [6.45, 7) is 10.1. The maximum absolute atomic E-state index is 13.4. The van der Waals surface area contributed by atoms with Gasteiger partial charge in [0.1, 0.15) is 28.3 Å². The average molecular weight is 585 g/mol. The van der Waals surface area contributed by atoms with Gasteiger partial charge < -0.3 is 18.9 Å². The van der Waals surface area contributed by atoms with Crippen molar-refractivity contribution in [1.29, 1.82) is 0 Å². The van der Waals surface area contributed by atoms with E-state index in [0.29, 0.717) is 27.2 Å². The van der Waals surface area contributed by atoms with Crippen LogP contribution in [0.15, 0.2) is 35.4 Å². The maximum Gasteiger partial charge on any atom is 0.343 e. The summed E-state index contributed by atoms with van der Waals surface area (Å²) in [7, 11) is 3.83. The lowest BCUT2D eigenvalue weighted by molar-refractivity contribution is -0.0286. The van der Waals surface area contributed by atoms with Gasteiger partial charge in [0, 0.05) is 47.9 Å². The smallest absolute Gasteiger partial charge is 0.343 e. The van der Waals surface area contributed by atoms with E-state index in [1.807, 2.05) is 57.3 Å². The Labute approximate surface area is 244 Å². The molecule has 3 heterocycles. The molecule has 0 bridgehead atoms. The van der Waals surface area contributed by atoms with Gasteiger partial charge in [-0.3, -0.25) is 4.79 Å². The van der Waals surface area contributed by atoms with Gasteiger partial charge in [0.15, 0.2) is 0 Å². The third kappa shape index (κ3) is 5.53. The van der Waals surface area contributed by atoms with Crippen LogP contribution in [-0.2, 0) is 32.4 Å². The number of hydrogen-bond donors (Lipinski definition) is 0. The maximum atomic E-state index is 13.4. The van der Waals surface area contributed by atoms with Crippen LogP contribution >= 0.6 is 11.6 Å². The molecule has 1 aliphatic heterocycles. The van der Waals surface area contributed by atoms with E-state index < -0.39 is 17.2 Å². The van der Waals surface area contributed by atoms with Crippen LogP contribution in [0.5, 0.6) is 0 Å². The minimum Gasteiger partial charge on any atom is -0.462 e. The number of rotatable bonds is 9. The van der Waals surface area contributed by atoms with E-state index in [4.69, 9.17) is 30.7 Å². The lowest BCUT2D eigenvalue weighted by atomic mass is 9.90. The van der Waals surface area contributed by atoms with Crippen molar-refractivity contribution in [1.82, 2.24) is 9.55 Å². The molecule has 1 aromatic carbocycles. The quantitative estimate of drug-likeness (QED) is 0.298. The zero-order valence-electron chi connectivity index (χ0n) is 24.6. The topological polar surface area (TPSA) is 95.4 Å². The number of benzene rings is 1. The predicted octanol–water partition coefficient (Wildman–Crippen LogP) is 5.58. The van der Waals surface area contributed by atoms with Crippen molar-refractivity contribution in [2.24, 2.45) is 0 Å². The second kappa shape index (κ2) is 10.9. The van der Waals surface area contributed by atoms with Gasteiger partial charge in [0.05, 0.1) is 31.5 Å². The zero-order chi connectivity index (χ0) is 29.7. The highest BCUT2D eigenvalue weighted by Crippen LogP contribution is 2.42. The molecule has 41 heavy (non-hydrogen) atoms. The highest BCUT2D eigenvalue weighted by Gasteiger charge is 2.50. The monoisotopic (exact) mass is 584 g/mol. The van der Waals surface area contributed by atoms with E-state index in [9.17, 15) is 9.59 Å². The van der Waals surface area contributed by atoms with Gasteiger partial charge in [0.25, 0.3) is 0 Å². The van der Waals surface area contributed by atoms with Gasteiger partial charge in [-0.05, 0) is 65.7 Å². The molecular formula is C30H37ClN4O6. The SMILES string of the molecule is CCOC(=O)c1cn(C2CC2)c2c(COCc3cc(N(C)C)ncc3N3OC(C)(C)C(C)(C)O3)c(Cl)ccc2c1=O. The Morgan fingerprint density at radius 3 is 2.44 bits per heavy atom. The van der Waals surface area contributed by atoms with E-state index in [1.54, 1.807) is 31.5 Å². The molecule has 1 saturated carbocycles. The van der Waals surface area contributed by atoms with Crippen LogP contribution in [0.3, 0.4) is 0 Å². The predicted molar refractivity (Wildman–Crippen MR) is 157 cm³/mol. The van der Waals surface area contributed by atoms with E-state index in [0.717, 1.165) is 24.2 Å². The van der Waals surface area contributed by atoms with Crippen molar-refractivity contribution < 1.29 is 23.9 Å². The van der Waals surface area contributed by atoms with E-state index >= 15 is 0 Å². The first-order valence-corrected chi connectivity index (χ1v) is 14.2. The summed E-state index contributed by atoms with van der Waals surface area (Å²) in [5.74, 6) is 0.128. The Balaban J connectivity index is 1.48. The van der Waals surface area contributed by atoms with Gasteiger partial charge in [-0.2, -0.15) is 0 Å². The normalized spacial score (nSPS) is 17.7. The molecular weight excluding hydrogens is 548 g/mol. The molecule has 0 atom stereocenters. The molecule has 0 radical (unpaired) electrons. The van der Waals surface area contributed by atoms with Crippen LogP contribution in [0.25, 0.3) is 10.9 Å². The van der Waals surface area contributed by atoms with Crippen LogP contribution in [0.1, 0.15) is 75.0 Å². The highest BCUT2D eigenvalue weighted by molar-refractivity contribution is 6.32. The van der Waals surface area contributed by atoms with Crippen molar-refractivity contribution in [2.45, 2.75) is 77.9 Å². The first-order chi connectivity index (χ1) is 19.3. The third-order valence-electron chi connectivity index (χ3n) is 7.86. The second-order valence-corrected chi connectivity index (χ2v) is 12.1. The molecule has 3 aromatic rings. The average Bonchev–Trinajstić information content (AvgIpc) is 3.71. The Morgan fingerprint density at radius 2 is 1.83 bits per heavy atom. The fourth-order valence-electron chi connectivity index (χ4n) is 4.65. The number of nitrogens with zero attached hydrogens (tertiary/aromatic N) is 4. The summed E-state index contributed by atoms with van der Waals surface area (Å²) in [5.41, 5.74) is 1.29. The number of fused-ring (bicyclic) bond motifs is 1. The van der Waals surface area contributed by atoms with E-state index in [2.05, 4.69) is 4.98 Å². The van der Waals surface area contributed by atoms with Gasteiger partial charge in [-0.25, -0.2) is 19.5 Å². The number of anilines is 2. The molecule has 10 nitrogen and oxygen atoms in total. The number of carbonyl (C=O) groups is 1. The number of aromatic nitrogens is 2. The molecule has 2 aliphatic rings. The summed E-state index contributed by atoms with van der Waals surface area (Å²) in [4.78, 5) is 44.7. The third-order valence-corrected chi connectivity index (χ3v) is 8.21. The molecule has 2 aromatic heterocycles. The first kappa shape index (κ1) is 29.3. The van der Waals surface area contributed by atoms with Crippen molar-refractivity contribution >= 4 is 40.0 Å². The summed E-state index contributed by atoms with van der Waals surface area (Å²) in [5, 5.41) is 2.31. The zero-order valence-corrected chi connectivity index (χ0v) is 25.4. The van der Waals surface area contributed by atoms with Crippen LogP contribution < -0.4 is 15.6 Å². The molecule has 0 N–H and O–H groups in total. The Hall–Kier alpha value is -3.18. The minimum absolute atomic E-state index is 0.0227. The molecule has 0 spiro atoms. The second-order valence-electron chi connectivity index (χ2n) is 11.7. The van der Waals surface area contributed by atoms with E-state index in [1.165, 1.54) is 5.23 Å². The van der Waals surface area contributed by atoms with Gasteiger partial charge in [-0.15, -0.1) is 5.23 Å². The summed E-state index contributed by atoms with van der Waals surface area (Å²) < 4.78 is 13.4. The minimum atomic E-state index is -0.624. The molecule has 2 fully saturated rings. The largest absolute Gasteiger partial charge is 0.462 e.